The quantitative estimate of drug-likeness (QED) is 0.536. The Kier molecular flexibility index (Phi) is 3.26. The van der Waals surface area contributed by atoms with E-state index in [-0.39, 0.29) is 5.92 Å². The summed E-state index contributed by atoms with van der Waals surface area (Å²) in [7, 11) is 0. The lowest BCUT2D eigenvalue weighted by atomic mass is 9.95. The molecular formula is C7H13N. The van der Waals surface area contributed by atoms with Gasteiger partial charge in [0.05, 0.1) is 6.07 Å². The fraction of sp³-hybridized carbons (Fsp3) is 0.857. The summed E-state index contributed by atoms with van der Waals surface area (Å²) in [6.45, 7) is 6.18. The van der Waals surface area contributed by atoms with E-state index in [0.29, 0.717) is 5.92 Å². The van der Waals surface area contributed by atoms with Crippen LogP contribution in [0.5, 0.6) is 0 Å². The summed E-state index contributed by atoms with van der Waals surface area (Å²) in [5.74, 6) is 0.778. The van der Waals surface area contributed by atoms with Crippen LogP contribution in [0.3, 0.4) is 0 Å². The Labute approximate surface area is 51.3 Å². The van der Waals surface area contributed by atoms with Crippen LogP contribution in [0.1, 0.15) is 27.2 Å². The fourth-order valence-corrected chi connectivity index (χ4v) is 0.481. The van der Waals surface area contributed by atoms with E-state index in [9.17, 15) is 0 Å². The highest BCUT2D eigenvalue weighted by atomic mass is 14.3. The highest BCUT2D eigenvalue weighted by molar-refractivity contribution is 4.81. The van der Waals surface area contributed by atoms with Gasteiger partial charge in [0.2, 0.25) is 0 Å². The maximum absolute atomic E-state index is 8.39. The minimum absolute atomic E-state index is 0.222. The topological polar surface area (TPSA) is 23.8 Å². The molecule has 0 aromatic heterocycles. The van der Waals surface area contributed by atoms with E-state index in [1.165, 1.54) is 0 Å². The maximum atomic E-state index is 8.39. The van der Waals surface area contributed by atoms with Crippen molar-refractivity contribution in [1.29, 1.82) is 5.26 Å². The van der Waals surface area contributed by atoms with Crippen LogP contribution in [0.15, 0.2) is 0 Å². The van der Waals surface area contributed by atoms with Gasteiger partial charge in [-0.3, -0.25) is 0 Å². The third-order valence-corrected chi connectivity index (χ3v) is 1.70. The summed E-state index contributed by atoms with van der Waals surface area (Å²) in [5.41, 5.74) is 0. The summed E-state index contributed by atoms with van der Waals surface area (Å²) >= 11 is 0. The van der Waals surface area contributed by atoms with Crippen molar-refractivity contribution in [3.63, 3.8) is 0 Å². The third kappa shape index (κ3) is 1.97. The number of hydrogen-bond donors (Lipinski definition) is 0. The van der Waals surface area contributed by atoms with Crippen molar-refractivity contribution >= 4 is 0 Å². The summed E-state index contributed by atoms with van der Waals surface area (Å²) in [6, 6.07) is 2.22. The summed E-state index contributed by atoms with van der Waals surface area (Å²) in [6.07, 6.45) is 1.11. The molecule has 1 nitrogen and oxygen atoms in total. The van der Waals surface area contributed by atoms with Gasteiger partial charge in [-0.05, 0) is 12.8 Å². The molecular weight excluding hydrogens is 98.1 g/mol. The monoisotopic (exact) mass is 111 g/mol. The van der Waals surface area contributed by atoms with E-state index in [1.807, 2.05) is 6.92 Å². The predicted molar refractivity (Wildman–Crippen MR) is 34.2 cm³/mol. The molecule has 0 aliphatic heterocycles. The zero-order valence-electron chi connectivity index (χ0n) is 5.81. The van der Waals surface area contributed by atoms with Crippen molar-refractivity contribution in [2.24, 2.45) is 11.8 Å². The van der Waals surface area contributed by atoms with E-state index in [2.05, 4.69) is 19.9 Å². The van der Waals surface area contributed by atoms with Crippen LogP contribution in [-0.2, 0) is 0 Å². The molecule has 0 aromatic carbocycles. The minimum atomic E-state index is 0.222. The molecule has 0 aromatic rings. The first-order chi connectivity index (χ1) is 3.72. The third-order valence-electron chi connectivity index (χ3n) is 1.70. The number of nitriles is 1. The van der Waals surface area contributed by atoms with Crippen molar-refractivity contribution in [1.82, 2.24) is 0 Å². The van der Waals surface area contributed by atoms with E-state index in [0.717, 1.165) is 6.42 Å². The number of nitrogens with zero attached hydrogens (tertiary/aromatic N) is 1. The molecule has 0 spiro atoms. The van der Waals surface area contributed by atoms with E-state index < -0.39 is 0 Å². The van der Waals surface area contributed by atoms with Crippen molar-refractivity contribution in [3.8, 4) is 6.07 Å². The van der Waals surface area contributed by atoms with Crippen molar-refractivity contribution in [3.05, 3.63) is 0 Å². The van der Waals surface area contributed by atoms with Crippen LogP contribution in [0.4, 0.5) is 0 Å². The molecule has 0 amide bonds. The summed E-state index contributed by atoms with van der Waals surface area (Å²) in [5, 5.41) is 8.39. The molecule has 2 unspecified atom stereocenters. The average molecular weight is 111 g/mol. The van der Waals surface area contributed by atoms with Crippen LogP contribution in [0.25, 0.3) is 0 Å². The molecule has 0 aliphatic rings. The zero-order valence-corrected chi connectivity index (χ0v) is 5.81. The van der Waals surface area contributed by atoms with Crippen LogP contribution in [-0.4, -0.2) is 0 Å². The van der Waals surface area contributed by atoms with Gasteiger partial charge in [0.1, 0.15) is 0 Å². The standard InChI is InChI=1S/C7H13N/c1-4-6(2)7(3)5-8/h6-7H,4H2,1-3H3. The molecule has 0 rings (SSSR count). The van der Waals surface area contributed by atoms with Gasteiger partial charge in [-0.1, -0.05) is 20.3 Å². The van der Waals surface area contributed by atoms with Crippen molar-refractivity contribution < 1.29 is 0 Å². The Bertz CT molecular complexity index is 91.1. The van der Waals surface area contributed by atoms with Crippen molar-refractivity contribution in [2.45, 2.75) is 27.2 Å². The minimum Gasteiger partial charge on any atom is -0.198 e. The molecule has 46 valence electrons. The van der Waals surface area contributed by atoms with Crippen LogP contribution in [0, 0.1) is 23.2 Å². The Morgan fingerprint density at radius 1 is 1.50 bits per heavy atom. The molecule has 0 fully saturated rings. The highest BCUT2D eigenvalue weighted by Crippen LogP contribution is 2.11. The van der Waals surface area contributed by atoms with Gasteiger partial charge in [0.25, 0.3) is 0 Å². The van der Waals surface area contributed by atoms with Crippen LogP contribution in [0.2, 0.25) is 0 Å². The highest BCUT2D eigenvalue weighted by Gasteiger charge is 2.06. The number of hydrogen-bond acceptors (Lipinski definition) is 1. The Morgan fingerprint density at radius 2 is 2.00 bits per heavy atom. The lowest BCUT2D eigenvalue weighted by Crippen LogP contribution is -2.02. The van der Waals surface area contributed by atoms with Crippen LogP contribution < -0.4 is 0 Å². The van der Waals surface area contributed by atoms with Gasteiger partial charge in [-0.15, -0.1) is 0 Å². The molecule has 2 atom stereocenters. The van der Waals surface area contributed by atoms with Crippen molar-refractivity contribution in [2.75, 3.05) is 0 Å². The van der Waals surface area contributed by atoms with Gasteiger partial charge >= 0.3 is 0 Å². The zero-order chi connectivity index (χ0) is 6.57. The van der Waals surface area contributed by atoms with Gasteiger partial charge in [0, 0.05) is 5.92 Å². The SMILES string of the molecule is CCC(C)C(C)C#N. The molecule has 8 heavy (non-hydrogen) atoms. The van der Waals surface area contributed by atoms with E-state index >= 15 is 0 Å². The van der Waals surface area contributed by atoms with E-state index in [4.69, 9.17) is 5.26 Å². The molecule has 1 heteroatoms. The lowest BCUT2D eigenvalue weighted by molar-refractivity contribution is 0.455. The van der Waals surface area contributed by atoms with Gasteiger partial charge in [-0.2, -0.15) is 5.26 Å². The summed E-state index contributed by atoms with van der Waals surface area (Å²) < 4.78 is 0. The first-order valence-corrected chi connectivity index (χ1v) is 3.12. The molecule has 0 saturated carbocycles. The van der Waals surface area contributed by atoms with E-state index in [1.54, 1.807) is 0 Å². The molecule has 0 saturated heterocycles. The van der Waals surface area contributed by atoms with Gasteiger partial charge in [-0.25, -0.2) is 0 Å². The largest absolute Gasteiger partial charge is 0.198 e. The first-order valence-electron chi connectivity index (χ1n) is 3.12. The lowest BCUT2D eigenvalue weighted by Gasteiger charge is -2.07. The second-order valence-corrected chi connectivity index (χ2v) is 2.30. The smallest absolute Gasteiger partial charge is 0.0655 e. The molecule has 0 aliphatic carbocycles. The second kappa shape index (κ2) is 3.49. The second-order valence-electron chi connectivity index (χ2n) is 2.30. The fourth-order valence-electron chi connectivity index (χ4n) is 0.481. The molecule has 0 radical (unpaired) electrons. The predicted octanol–water partition coefficient (Wildman–Crippen LogP) is 2.19. The van der Waals surface area contributed by atoms with Gasteiger partial charge in [0.15, 0.2) is 0 Å². The Morgan fingerprint density at radius 3 is 2.12 bits per heavy atom. The van der Waals surface area contributed by atoms with Crippen LogP contribution >= 0.6 is 0 Å². The average Bonchev–Trinajstić information content (AvgIpc) is 1.84. The summed E-state index contributed by atoms with van der Waals surface area (Å²) in [4.78, 5) is 0. The maximum Gasteiger partial charge on any atom is 0.0655 e. The first kappa shape index (κ1) is 7.49. The molecule has 0 heterocycles. The Balaban J connectivity index is 3.49. The normalized spacial score (nSPS) is 16.8. The molecule has 0 bridgehead atoms. The van der Waals surface area contributed by atoms with Gasteiger partial charge < -0.3 is 0 Å². The Hall–Kier alpha value is -0.510. The molecule has 0 N–H and O–H groups in total. The number of rotatable bonds is 2.